The second kappa shape index (κ2) is 6.76. The van der Waals surface area contributed by atoms with Gasteiger partial charge in [0.05, 0.1) is 7.11 Å². The first-order valence-corrected chi connectivity index (χ1v) is 7.47. The number of anilines is 1. The van der Waals surface area contributed by atoms with Gasteiger partial charge in [-0.05, 0) is 43.2 Å². The molecule has 1 atom stereocenters. The Morgan fingerprint density at radius 3 is 2.38 bits per heavy atom. The first-order chi connectivity index (χ1) is 10.0. The molecule has 0 fully saturated rings. The second-order valence-corrected chi connectivity index (χ2v) is 5.83. The zero-order valence-electron chi connectivity index (χ0n) is 12.3. The van der Waals surface area contributed by atoms with Gasteiger partial charge >= 0.3 is 5.97 Å². The van der Waals surface area contributed by atoms with Gasteiger partial charge in [0, 0.05) is 10.2 Å². The van der Waals surface area contributed by atoms with E-state index in [2.05, 4.69) is 21.2 Å². The molecule has 4 heteroatoms. The number of esters is 1. The van der Waals surface area contributed by atoms with Gasteiger partial charge in [-0.2, -0.15) is 0 Å². The van der Waals surface area contributed by atoms with Crippen molar-refractivity contribution in [2.24, 2.45) is 0 Å². The average molecular weight is 348 g/mol. The summed E-state index contributed by atoms with van der Waals surface area (Å²) in [6.07, 6.45) is 0. The molecule has 0 amide bonds. The van der Waals surface area contributed by atoms with Crippen LogP contribution >= 0.6 is 15.9 Å². The number of ether oxygens (including phenoxy) is 1. The first-order valence-electron chi connectivity index (χ1n) is 6.68. The Balaban J connectivity index is 2.31. The molecule has 0 bridgehead atoms. The normalized spacial score (nSPS) is 11.8. The van der Waals surface area contributed by atoms with Gasteiger partial charge in [-0.15, -0.1) is 0 Å². The van der Waals surface area contributed by atoms with Crippen LogP contribution in [0.25, 0.3) is 0 Å². The lowest BCUT2D eigenvalue weighted by Gasteiger charge is -2.19. The second-order valence-electron chi connectivity index (χ2n) is 4.98. The molecule has 0 saturated heterocycles. The van der Waals surface area contributed by atoms with Crippen LogP contribution in [0, 0.1) is 13.8 Å². The van der Waals surface area contributed by atoms with Crippen molar-refractivity contribution >= 4 is 27.6 Å². The number of hydrogen-bond acceptors (Lipinski definition) is 3. The predicted molar refractivity (Wildman–Crippen MR) is 88.4 cm³/mol. The highest BCUT2D eigenvalue weighted by molar-refractivity contribution is 9.10. The molecule has 3 nitrogen and oxygen atoms in total. The van der Waals surface area contributed by atoms with Crippen molar-refractivity contribution in [1.29, 1.82) is 0 Å². The number of aryl methyl sites for hydroxylation is 2. The summed E-state index contributed by atoms with van der Waals surface area (Å²) in [4.78, 5) is 12.1. The summed E-state index contributed by atoms with van der Waals surface area (Å²) in [6, 6.07) is 13.2. The molecular weight excluding hydrogens is 330 g/mol. The Morgan fingerprint density at radius 2 is 1.81 bits per heavy atom. The van der Waals surface area contributed by atoms with Gasteiger partial charge in [0.1, 0.15) is 0 Å². The summed E-state index contributed by atoms with van der Waals surface area (Å²) >= 11 is 3.50. The number of methoxy groups -OCH3 is 1. The first kappa shape index (κ1) is 15.6. The van der Waals surface area contributed by atoms with E-state index < -0.39 is 6.04 Å². The summed E-state index contributed by atoms with van der Waals surface area (Å²) in [7, 11) is 1.40. The summed E-state index contributed by atoms with van der Waals surface area (Å²) < 4.78 is 5.89. The number of carbonyl (C=O) groups is 1. The monoisotopic (exact) mass is 347 g/mol. The highest BCUT2D eigenvalue weighted by Crippen LogP contribution is 2.26. The molecule has 2 rings (SSSR count). The van der Waals surface area contributed by atoms with E-state index in [0.29, 0.717) is 0 Å². The Bertz CT molecular complexity index is 638. The van der Waals surface area contributed by atoms with Crippen molar-refractivity contribution in [3.8, 4) is 0 Å². The quantitative estimate of drug-likeness (QED) is 0.833. The molecule has 0 spiro atoms. The van der Waals surface area contributed by atoms with Crippen LogP contribution < -0.4 is 5.32 Å². The maximum Gasteiger partial charge on any atom is 0.332 e. The molecule has 2 aromatic rings. The van der Waals surface area contributed by atoms with E-state index >= 15 is 0 Å². The maximum atomic E-state index is 12.1. The van der Waals surface area contributed by atoms with Gasteiger partial charge in [0.25, 0.3) is 0 Å². The minimum absolute atomic E-state index is 0.314. The fourth-order valence-electron chi connectivity index (χ4n) is 2.00. The third-order valence-corrected chi connectivity index (χ3v) is 4.18. The maximum absolute atomic E-state index is 12.1. The van der Waals surface area contributed by atoms with Crippen molar-refractivity contribution in [3.05, 3.63) is 63.6 Å². The standard InChI is InChI=1S/C17H18BrNO2/c1-11-4-8-14(9-5-11)19-16(17(20)21-3)13-7-6-12(2)15(18)10-13/h4-10,16,19H,1-3H3. The van der Waals surface area contributed by atoms with Gasteiger partial charge < -0.3 is 10.1 Å². The van der Waals surface area contributed by atoms with E-state index in [1.165, 1.54) is 12.7 Å². The Kier molecular flexibility index (Phi) is 5.02. The van der Waals surface area contributed by atoms with E-state index in [-0.39, 0.29) is 5.97 Å². The highest BCUT2D eigenvalue weighted by Gasteiger charge is 2.21. The van der Waals surface area contributed by atoms with Crippen molar-refractivity contribution in [3.63, 3.8) is 0 Å². The highest BCUT2D eigenvalue weighted by atomic mass is 79.9. The van der Waals surface area contributed by atoms with E-state index in [0.717, 1.165) is 21.3 Å². The smallest absolute Gasteiger partial charge is 0.332 e. The van der Waals surface area contributed by atoms with E-state index in [9.17, 15) is 4.79 Å². The van der Waals surface area contributed by atoms with Crippen LogP contribution in [0.15, 0.2) is 46.9 Å². The number of nitrogens with one attached hydrogen (secondary N) is 1. The summed E-state index contributed by atoms with van der Waals surface area (Å²) in [5.41, 5.74) is 4.04. The lowest BCUT2D eigenvalue weighted by molar-refractivity contribution is -0.141. The largest absolute Gasteiger partial charge is 0.467 e. The number of rotatable bonds is 4. The topological polar surface area (TPSA) is 38.3 Å². The zero-order valence-corrected chi connectivity index (χ0v) is 13.9. The van der Waals surface area contributed by atoms with E-state index in [1.807, 2.05) is 56.3 Å². The summed E-state index contributed by atoms with van der Waals surface area (Å²) in [6.45, 7) is 4.03. The molecule has 0 aliphatic rings. The molecule has 0 saturated carbocycles. The van der Waals surface area contributed by atoms with Crippen LogP contribution in [0.3, 0.4) is 0 Å². The van der Waals surface area contributed by atoms with Gasteiger partial charge in [0.15, 0.2) is 6.04 Å². The number of halogens is 1. The predicted octanol–water partition coefficient (Wildman–Crippen LogP) is 4.39. The Labute approximate surface area is 133 Å². The van der Waals surface area contributed by atoms with Gasteiger partial charge in [-0.3, -0.25) is 0 Å². The molecule has 21 heavy (non-hydrogen) atoms. The van der Waals surface area contributed by atoms with Gasteiger partial charge in [-0.1, -0.05) is 45.8 Å². The van der Waals surface area contributed by atoms with Gasteiger partial charge in [0.2, 0.25) is 0 Å². The minimum Gasteiger partial charge on any atom is -0.467 e. The summed E-state index contributed by atoms with van der Waals surface area (Å²) in [5.74, 6) is -0.314. The summed E-state index contributed by atoms with van der Waals surface area (Å²) in [5, 5.41) is 3.22. The molecule has 0 aliphatic carbocycles. The van der Waals surface area contributed by atoms with Crippen molar-refractivity contribution in [1.82, 2.24) is 0 Å². The van der Waals surface area contributed by atoms with Crippen molar-refractivity contribution < 1.29 is 9.53 Å². The molecule has 0 radical (unpaired) electrons. The Hall–Kier alpha value is -1.81. The minimum atomic E-state index is -0.533. The van der Waals surface area contributed by atoms with Gasteiger partial charge in [-0.25, -0.2) is 4.79 Å². The lowest BCUT2D eigenvalue weighted by atomic mass is 10.0. The van der Waals surface area contributed by atoms with Crippen molar-refractivity contribution in [2.75, 3.05) is 12.4 Å². The Morgan fingerprint density at radius 1 is 1.14 bits per heavy atom. The zero-order chi connectivity index (χ0) is 15.4. The van der Waals surface area contributed by atoms with E-state index in [4.69, 9.17) is 4.74 Å². The van der Waals surface area contributed by atoms with Crippen LogP contribution in [0.4, 0.5) is 5.69 Å². The molecule has 0 aliphatic heterocycles. The van der Waals surface area contributed by atoms with Crippen LogP contribution in [0.2, 0.25) is 0 Å². The third-order valence-electron chi connectivity index (χ3n) is 3.33. The molecule has 1 unspecified atom stereocenters. The SMILES string of the molecule is COC(=O)C(Nc1ccc(C)cc1)c1ccc(C)c(Br)c1. The number of hydrogen-bond donors (Lipinski definition) is 1. The van der Waals surface area contributed by atoms with Crippen molar-refractivity contribution in [2.45, 2.75) is 19.9 Å². The average Bonchev–Trinajstić information content (AvgIpc) is 2.49. The fraction of sp³-hybridized carbons (Fsp3) is 0.235. The number of benzene rings is 2. The van der Waals surface area contributed by atoms with E-state index in [1.54, 1.807) is 0 Å². The van der Waals surface area contributed by atoms with Crippen LogP contribution in [-0.4, -0.2) is 13.1 Å². The molecule has 0 heterocycles. The van der Waals surface area contributed by atoms with Crippen LogP contribution in [-0.2, 0) is 9.53 Å². The van der Waals surface area contributed by atoms with Crippen LogP contribution in [0.1, 0.15) is 22.7 Å². The third kappa shape index (κ3) is 3.85. The number of carbonyl (C=O) groups excluding carboxylic acids is 1. The molecule has 1 N–H and O–H groups in total. The molecule has 110 valence electrons. The lowest BCUT2D eigenvalue weighted by Crippen LogP contribution is -2.22. The molecular formula is C17H18BrNO2. The molecule has 0 aromatic heterocycles. The fourth-order valence-corrected chi connectivity index (χ4v) is 2.40. The van der Waals surface area contributed by atoms with Crippen LogP contribution in [0.5, 0.6) is 0 Å². The molecule has 2 aromatic carbocycles.